The van der Waals surface area contributed by atoms with E-state index in [0.29, 0.717) is 30.7 Å². The number of rotatable bonds is 46. The number of nitrogens with one attached hydrogen (secondary N) is 3. The number of ketones is 1. The van der Waals surface area contributed by atoms with E-state index < -0.39 is 71.9 Å². The average molecular weight is 1540 g/mol. The number of aliphatic carboxylic acids is 4. The van der Waals surface area contributed by atoms with Crippen LogP contribution < -0.4 is 22.1 Å². The zero-order valence-corrected chi connectivity index (χ0v) is 65.1. The van der Waals surface area contributed by atoms with Crippen LogP contribution in [0.25, 0.3) is 0 Å². The Bertz CT molecular complexity index is 2630. The normalized spacial score (nSPS) is 11.6. The van der Waals surface area contributed by atoms with Crippen LogP contribution in [0.4, 0.5) is 13.2 Å². The molecule has 100 heavy (non-hydrogen) atoms. The molecule has 3 aromatic rings. The zero-order valence-electron chi connectivity index (χ0n) is 58.2. The molecule has 0 bridgehead atoms. The Morgan fingerprint density at radius 3 is 1.22 bits per heavy atom. The molecule has 0 spiro atoms. The molecule has 9 unspecified atom stereocenters. The number of H-pyrrole nitrogens is 1. The van der Waals surface area contributed by atoms with Crippen LogP contribution >= 0.6 is 55.4 Å². The Morgan fingerprint density at radius 1 is 0.540 bits per heavy atom. The third kappa shape index (κ3) is 62.0. The molecule has 34 heteroatoms. The molecule has 0 saturated carbocycles. The van der Waals surface area contributed by atoms with Crippen molar-refractivity contribution in [1.29, 1.82) is 0 Å². The van der Waals surface area contributed by atoms with E-state index in [1.165, 1.54) is 162 Å². The molecule has 9 atom stereocenters. The number of nitrogens with zero attached hydrogens (tertiary/aromatic N) is 5. The van der Waals surface area contributed by atoms with Gasteiger partial charge in [0.1, 0.15) is 23.9 Å². The van der Waals surface area contributed by atoms with E-state index in [0.717, 1.165) is 37.8 Å². The number of ether oxygens (including phenoxy) is 2. The van der Waals surface area contributed by atoms with Crippen LogP contribution in [0.3, 0.4) is 0 Å². The summed E-state index contributed by atoms with van der Waals surface area (Å²) in [6.45, 7) is 5.92. The molecule has 0 saturated heterocycles. The fourth-order valence-corrected chi connectivity index (χ4v) is 9.56. The number of alkyl halides is 3. The van der Waals surface area contributed by atoms with Gasteiger partial charge in [0.2, 0.25) is 11.8 Å². The number of Topliss-reactive ketones (excluding diaryl/α,β-unsaturated/α-hetero) is 1. The topological polar surface area (TPSA) is 393 Å². The van der Waals surface area contributed by atoms with Gasteiger partial charge in [0.25, 0.3) is 0 Å². The monoisotopic (exact) mass is 1540 g/mol. The molecule has 0 aliphatic carbocycles. The predicted molar refractivity (Wildman–Crippen MR) is 409 cm³/mol. The Hall–Kier alpha value is -4.65. The molecular weight excluding hydrogens is 1420 g/mol. The van der Waals surface area contributed by atoms with Crippen molar-refractivity contribution in [3.05, 3.63) is 54.7 Å². The summed E-state index contributed by atoms with van der Waals surface area (Å²) in [7, 11) is 18.4. The smallest absolute Gasteiger partial charge is 0.481 e. The van der Waals surface area contributed by atoms with Gasteiger partial charge in [0.15, 0.2) is 0 Å². The average Bonchev–Trinajstić information content (AvgIpc) is 1.72. The summed E-state index contributed by atoms with van der Waals surface area (Å²) >= 11 is 0. The molecule has 11 N–H and O–H groups in total. The molecule has 0 aromatic carbocycles. The first-order valence-corrected chi connectivity index (χ1v) is 37.0. The number of aromatic amines is 1. The van der Waals surface area contributed by atoms with Crippen molar-refractivity contribution in [2.75, 3.05) is 20.8 Å². The molecule has 0 aliphatic rings. The highest BCUT2D eigenvalue weighted by atomic mass is 31.1. The summed E-state index contributed by atoms with van der Waals surface area (Å²) in [4.78, 5) is 113. The zero-order chi connectivity index (χ0) is 75.0. The van der Waals surface area contributed by atoms with Gasteiger partial charge < -0.3 is 66.1 Å². The van der Waals surface area contributed by atoms with Crippen LogP contribution in [0, 0.1) is 0 Å². The first-order chi connectivity index (χ1) is 46.1. The Balaban J connectivity index is -0.000000388. The van der Waals surface area contributed by atoms with E-state index in [1.807, 2.05) is 15.3 Å². The summed E-state index contributed by atoms with van der Waals surface area (Å²) < 4.78 is 44.1. The van der Waals surface area contributed by atoms with Crippen LogP contribution in [0.1, 0.15) is 252 Å². The van der Waals surface area contributed by atoms with Crippen LogP contribution in [0.5, 0.6) is 0 Å². The maximum absolute atomic E-state index is 12.0. The number of hydrogen-bond acceptors (Lipinski definition) is 16. The molecule has 0 radical (unpaired) electrons. The SMILES string of the molecule is C.C.CCC(=O)O.CCCCCCCCCCCCCCCC(=O)CCC(=O)NC(Cc1cnc[nH]1)C(=O)O.CCCCCCCCCCCCCCCC(=O)O.COC(=O)C(Cc1cn(C(P)(P)P)cn1)NC(=O)CN.COC(=O)C(N)Cc1cn(C(P)(P)P)cn1.O=C(O)C(F)(F)F. The molecule has 580 valence electrons. The molecule has 0 fully saturated rings. The molecule has 3 aromatic heterocycles. The van der Waals surface area contributed by atoms with Crippen LogP contribution in [0.2, 0.25) is 0 Å². The van der Waals surface area contributed by atoms with Gasteiger partial charge in [-0.2, -0.15) is 13.2 Å². The maximum atomic E-state index is 12.0. The molecule has 0 aliphatic heterocycles. The lowest BCUT2D eigenvalue weighted by atomic mass is 10.0. The van der Waals surface area contributed by atoms with E-state index in [-0.39, 0.29) is 68.8 Å². The number of methoxy groups -OCH3 is 2. The second kappa shape index (κ2) is 64.0. The van der Waals surface area contributed by atoms with E-state index in [2.05, 4.69) is 109 Å². The number of amides is 2. The number of carboxylic acids is 4. The Kier molecular flexibility index (Phi) is 66.5. The highest BCUT2D eigenvalue weighted by Gasteiger charge is 2.38. The van der Waals surface area contributed by atoms with Crippen molar-refractivity contribution in [3.63, 3.8) is 0 Å². The van der Waals surface area contributed by atoms with E-state index in [9.17, 15) is 56.6 Å². The van der Waals surface area contributed by atoms with Crippen molar-refractivity contribution in [1.82, 2.24) is 39.7 Å². The summed E-state index contributed by atoms with van der Waals surface area (Å²) in [5.41, 5.74) is 12.9. The third-order valence-corrected chi connectivity index (χ3v) is 16.1. The van der Waals surface area contributed by atoms with Crippen LogP contribution in [-0.4, -0.2) is 148 Å². The number of halogens is 3. The molecular formula is C66H125F3N10O15P6. The molecule has 3 rings (SSSR count). The fourth-order valence-electron chi connectivity index (χ4n) is 8.71. The van der Waals surface area contributed by atoms with Gasteiger partial charge in [0, 0.05) is 75.7 Å². The second-order valence-corrected chi connectivity index (χ2v) is 33.0. The van der Waals surface area contributed by atoms with Crippen LogP contribution in [-0.2, 0) is 81.4 Å². The van der Waals surface area contributed by atoms with E-state index in [1.54, 1.807) is 25.8 Å². The van der Waals surface area contributed by atoms with Gasteiger partial charge in [0.05, 0.1) is 60.7 Å². The number of carbonyl (C=O) groups is 9. The molecule has 3 heterocycles. The van der Waals surface area contributed by atoms with Crippen molar-refractivity contribution in [3.8, 4) is 0 Å². The number of imidazole rings is 3. The first-order valence-electron chi connectivity index (χ1n) is 33.6. The van der Waals surface area contributed by atoms with E-state index >= 15 is 0 Å². The van der Waals surface area contributed by atoms with Gasteiger partial charge in [-0.1, -0.05) is 190 Å². The second-order valence-electron chi connectivity index (χ2n) is 23.4. The van der Waals surface area contributed by atoms with Crippen molar-refractivity contribution >= 4 is 109 Å². The van der Waals surface area contributed by atoms with Gasteiger partial charge >= 0.3 is 42.0 Å². The van der Waals surface area contributed by atoms with Gasteiger partial charge in [-0.05, 0) is 12.8 Å². The van der Waals surface area contributed by atoms with E-state index in [4.69, 9.17) is 31.6 Å². The predicted octanol–water partition coefficient (Wildman–Crippen LogP) is 12.6. The first kappa shape index (κ1) is 104. The number of esters is 2. The summed E-state index contributed by atoms with van der Waals surface area (Å²) in [6.07, 6.45) is 40.3. The fraction of sp³-hybridized carbons (Fsp3) is 0.727. The summed E-state index contributed by atoms with van der Waals surface area (Å²) in [5.74, 6) is -6.97. The number of carbonyl (C=O) groups excluding carboxylic acids is 5. The van der Waals surface area contributed by atoms with Gasteiger partial charge in [-0.25, -0.2) is 29.3 Å². The number of aromatic nitrogens is 6. The highest BCUT2D eigenvalue weighted by Crippen LogP contribution is 2.40. The standard InChI is InChI=1S/C25H43N3O4.C16H32O2.C10H19N4O3P3.C8H16N3O2P3.C3H6O2.C2HF3O2.2CH4/c1-2-3-4-5-6-7-8-9-10-11-12-13-14-15-22(29)16-17-24(30)28-23(25(31)32)18-21-19-26-20-27-21;1-2-3-4-5-6-7-8-9-10-11-12-13-14-15-16(17)18;1-17-9(16)7(13-8(15)3-11)2-6-4-14(5-12-6)10(18,19)20;1-13-7(12)6(9)2-5-3-11(4-10-5)8(14,15)16;1-2-3(4)5;3-2(4,5)1(6)7;;/h19-20,23H,2-18H2,1H3,(H,26,27)(H,28,30)(H,31,32);2-15H2,1H3,(H,17,18);4-5,7H,2-3,11,18-20H2,1H3,(H,13,15);3-4,6H,2,9,14-16H2,1H3;2H2,1H3,(H,4,5);(H,6,7);2*1H4. The van der Waals surface area contributed by atoms with Crippen molar-refractivity contribution in [2.45, 2.75) is 288 Å². The minimum absolute atomic E-state index is 0. The summed E-state index contributed by atoms with van der Waals surface area (Å²) in [6, 6.07) is -2.49. The number of unbranched alkanes of at least 4 members (excludes halogenated alkanes) is 24. The highest BCUT2D eigenvalue weighted by molar-refractivity contribution is 7.56. The molecule has 25 nitrogen and oxygen atoms in total. The largest absolute Gasteiger partial charge is 0.490 e. The lowest BCUT2D eigenvalue weighted by Crippen LogP contribution is -2.45. The molecule has 2 amide bonds. The maximum Gasteiger partial charge on any atom is 0.490 e. The van der Waals surface area contributed by atoms with Crippen molar-refractivity contribution < 1.29 is 86.2 Å². The lowest BCUT2D eigenvalue weighted by molar-refractivity contribution is -0.192. The van der Waals surface area contributed by atoms with Crippen LogP contribution in [0.15, 0.2) is 37.6 Å². The number of carboxylic acid groups (broad SMARTS) is 4. The Morgan fingerprint density at radius 2 is 0.910 bits per heavy atom. The Labute approximate surface area is 606 Å². The van der Waals surface area contributed by atoms with Gasteiger partial charge in [-0.15, -0.1) is 55.4 Å². The number of nitrogens with two attached hydrogens (primary N) is 2. The minimum atomic E-state index is -5.08. The van der Waals surface area contributed by atoms with Gasteiger partial charge in [-0.3, -0.25) is 28.8 Å². The minimum Gasteiger partial charge on any atom is -0.481 e. The summed E-state index contributed by atoms with van der Waals surface area (Å²) in [5, 5.41) is 37.6. The lowest BCUT2D eigenvalue weighted by Gasteiger charge is -2.19. The van der Waals surface area contributed by atoms with Crippen molar-refractivity contribution in [2.24, 2.45) is 11.5 Å². The third-order valence-electron chi connectivity index (χ3n) is 14.4. The quantitative estimate of drug-likeness (QED) is 0.0144. The number of hydrogen-bond donors (Lipinski definition) is 9.